The van der Waals surface area contributed by atoms with E-state index >= 15 is 0 Å². The van der Waals surface area contributed by atoms with Crippen molar-refractivity contribution in [2.75, 3.05) is 14.1 Å². The van der Waals surface area contributed by atoms with Crippen LogP contribution < -0.4 is 5.73 Å². The van der Waals surface area contributed by atoms with Gasteiger partial charge in [-0.1, -0.05) is 0 Å². The third-order valence-electron chi connectivity index (χ3n) is 1.99. The molecule has 1 aromatic heterocycles. The molecule has 0 aliphatic rings. The highest BCUT2D eigenvalue weighted by molar-refractivity contribution is 5.77. The van der Waals surface area contributed by atoms with Gasteiger partial charge < -0.3 is 15.1 Å². The summed E-state index contributed by atoms with van der Waals surface area (Å²) in [5.74, 6) is 1.45. The van der Waals surface area contributed by atoms with Gasteiger partial charge in [0.05, 0.1) is 6.26 Å². The van der Waals surface area contributed by atoms with Crippen LogP contribution in [0.4, 0.5) is 0 Å². The lowest BCUT2D eigenvalue weighted by atomic mass is 10.2. The molecule has 72 valence electrons. The summed E-state index contributed by atoms with van der Waals surface area (Å²) < 4.78 is 5.17. The Balaban J connectivity index is 2.65. The van der Waals surface area contributed by atoms with Gasteiger partial charge in [0.15, 0.2) is 5.96 Å². The number of furan rings is 1. The number of aryl methyl sites for hydroxylation is 1. The first kappa shape index (κ1) is 9.64. The maximum absolute atomic E-state index is 5.63. The zero-order valence-electron chi connectivity index (χ0n) is 8.24. The van der Waals surface area contributed by atoms with Crippen molar-refractivity contribution < 1.29 is 4.42 Å². The predicted molar refractivity (Wildman–Crippen MR) is 52.5 cm³/mol. The summed E-state index contributed by atoms with van der Waals surface area (Å²) in [4.78, 5) is 5.76. The SMILES string of the molecule is CN=C(N)N(C)Cc1ccoc1C. The highest BCUT2D eigenvalue weighted by Gasteiger charge is 2.06. The van der Waals surface area contributed by atoms with Gasteiger partial charge in [0.2, 0.25) is 0 Å². The molecule has 0 saturated carbocycles. The minimum atomic E-state index is 0.528. The standard InChI is InChI=1S/C9H15N3O/c1-7-8(4-5-13-7)6-12(3)9(10)11-2/h4-5H,6H2,1-3H3,(H2,10,11). The van der Waals surface area contributed by atoms with Crippen molar-refractivity contribution in [1.29, 1.82) is 0 Å². The summed E-state index contributed by atoms with van der Waals surface area (Å²) in [6.07, 6.45) is 1.68. The Kier molecular flexibility index (Phi) is 2.95. The molecule has 0 aliphatic heterocycles. The summed E-state index contributed by atoms with van der Waals surface area (Å²) in [5, 5.41) is 0. The molecule has 0 saturated heterocycles. The third-order valence-corrected chi connectivity index (χ3v) is 1.99. The number of nitrogens with two attached hydrogens (primary N) is 1. The van der Waals surface area contributed by atoms with Gasteiger partial charge in [-0.15, -0.1) is 0 Å². The molecule has 0 atom stereocenters. The van der Waals surface area contributed by atoms with Crippen LogP contribution in [0.5, 0.6) is 0 Å². The maximum atomic E-state index is 5.63. The Morgan fingerprint density at radius 3 is 2.85 bits per heavy atom. The minimum Gasteiger partial charge on any atom is -0.469 e. The summed E-state index contributed by atoms with van der Waals surface area (Å²) in [6, 6.07) is 1.94. The minimum absolute atomic E-state index is 0.528. The van der Waals surface area contributed by atoms with E-state index in [0.29, 0.717) is 5.96 Å². The van der Waals surface area contributed by atoms with Crippen LogP contribution in [0.2, 0.25) is 0 Å². The first-order chi connectivity index (χ1) is 6.15. The zero-order chi connectivity index (χ0) is 9.84. The molecular formula is C9H15N3O. The Bertz CT molecular complexity index is 304. The molecule has 0 radical (unpaired) electrons. The summed E-state index contributed by atoms with van der Waals surface area (Å²) in [7, 11) is 3.57. The number of rotatable bonds is 2. The fourth-order valence-corrected chi connectivity index (χ4v) is 1.08. The molecule has 0 aliphatic carbocycles. The van der Waals surface area contributed by atoms with Crippen LogP contribution in [0.25, 0.3) is 0 Å². The van der Waals surface area contributed by atoms with Crippen molar-refractivity contribution >= 4 is 5.96 Å². The van der Waals surface area contributed by atoms with E-state index in [2.05, 4.69) is 4.99 Å². The molecular weight excluding hydrogens is 166 g/mol. The van der Waals surface area contributed by atoms with Crippen LogP contribution in [0, 0.1) is 6.92 Å². The molecule has 13 heavy (non-hydrogen) atoms. The van der Waals surface area contributed by atoms with E-state index in [0.717, 1.165) is 17.9 Å². The Morgan fingerprint density at radius 1 is 1.69 bits per heavy atom. The lowest BCUT2D eigenvalue weighted by molar-refractivity contribution is 0.476. The predicted octanol–water partition coefficient (Wildman–Crippen LogP) is 0.964. The van der Waals surface area contributed by atoms with E-state index in [1.807, 2.05) is 24.9 Å². The molecule has 0 unspecified atom stereocenters. The van der Waals surface area contributed by atoms with Crippen molar-refractivity contribution in [3.05, 3.63) is 23.7 Å². The molecule has 2 N–H and O–H groups in total. The molecule has 0 bridgehead atoms. The van der Waals surface area contributed by atoms with Crippen molar-refractivity contribution in [3.8, 4) is 0 Å². The highest BCUT2D eigenvalue weighted by Crippen LogP contribution is 2.10. The van der Waals surface area contributed by atoms with Crippen LogP contribution in [-0.4, -0.2) is 25.0 Å². The molecule has 1 aromatic rings. The smallest absolute Gasteiger partial charge is 0.191 e. The molecule has 0 spiro atoms. The first-order valence-electron chi connectivity index (χ1n) is 4.11. The van der Waals surface area contributed by atoms with E-state index in [-0.39, 0.29) is 0 Å². The van der Waals surface area contributed by atoms with Gasteiger partial charge >= 0.3 is 0 Å². The fourth-order valence-electron chi connectivity index (χ4n) is 1.08. The maximum Gasteiger partial charge on any atom is 0.191 e. The first-order valence-corrected chi connectivity index (χ1v) is 4.11. The largest absolute Gasteiger partial charge is 0.469 e. The van der Waals surface area contributed by atoms with Crippen LogP contribution in [0.1, 0.15) is 11.3 Å². The summed E-state index contributed by atoms with van der Waals surface area (Å²) in [6.45, 7) is 2.66. The van der Waals surface area contributed by atoms with Gasteiger partial charge in [-0.25, -0.2) is 0 Å². The second-order valence-corrected chi connectivity index (χ2v) is 2.94. The van der Waals surface area contributed by atoms with Crippen molar-refractivity contribution in [3.63, 3.8) is 0 Å². The van der Waals surface area contributed by atoms with Crippen LogP contribution in [-0.2, 0) is 6.54 Å². The fraction of sp³-hybridized carbons (Fsp3) is 0.444. The number of aliphatic imine (C=N–C) groups is 1. The third kappa shape index (κ3) is 2.24. The van der Waals surface area contributed by atoms with E-state index in [1.165, 1.54) is 0 Å². The van der Waals surface area contributed by atoms with Crippen molar-refractivity contribution in [2.45, 2.75) is 13.5 Å². The molecule has 4 heteroatoms. The van der Waals surface area contributed by atoms with Crippen molar-refractivity contribution in [2.24, 2.45) is 10.7 Å². The van der Waals surface area contributed by atoms with Crippen LogP contribution in [0.3, 0.4) is 0 Å². The van der Waals surface area contributed by atoms with Gasteiger partial charge in [0, 0.05) is 26.2 Å². The molecule has 1 heterocycles. The normalized spacial score (nSPS) is 11.8. The Hall–Kier alpha value is -1.45. The van der Waals surface area contributed by atoms with Gasteiger partial charge in [0.25, 0.3) is 0 Å². The molecule has 0 amide bonds. The van der Waals surface area contributed by atoms with Gasteiger partial charge in [-0.3, -0.25) is 4.99 Å². The summed E-state index contributed by atoms with van der Waals surface area (Å²) in [5.41, 5.74) is 6.76. The van der Waals surface area contributed by atoms with E-state index in [1.54, 1.807) is 13.3 Å². The topological polar surface area (TPSA) is 54.8 Å². The molecule has 1 rings (SSSR count). The van der Waals surface area contributed by atoms with Gasteiger partial charge in [-0.2, -0.15) is 0 Å². The van der Waals surface area contributed by atoms with E-state index in [4.69, 9.17) is 10.2 Å². The lowest BCUT2D eigenvalue weighted by Crippen LogP contribution is -2.33. The lowest BCUT2D eigenvalue weighted by Gasteiger charge is -2.16. The number of hydrogen-bond acceptors (Lipinski definition) is 2. The average molecular weight is 181 g/mol. The van der Waals surface area contributed by atoms with Gasteiger partial charge in [-0.05, 0) is 13.0 Å². The molecule has 0 fully saturated rings. The quantitative estimate of drug-likeness (QED) is 0.546. The number of hydrogen-bond donors (Lipinski definition) is 1. The molecule has 0 aromatic carbocycles. The number of nitrogens with zero attached hydrogens (tertiary/aromatic N) is 2. The van der Waals surface area contributed by atoms with E-state index < -0.39 is 0 Å². The Labute approximate surface area is 78.0 Å². The Morgan fingerprint density at radius 2 is 2.38 bits per heavy atom. The molecule has 4 nitrogen and oxygen atoms in total. The second-order valence-electron chi connectivity index (χ2n) is 2.94. The highest BCUT2D eigenvalue weighted by atomic mass is 16.3. The van der Waals surface area contributed by atoms with E-state index in [9.17, 15) is 0 Å². The number of guanidine groups is 1. The summed E-state index contributed by atoms with van der Waals surface area (Å²) >= 11 is 0. The van der Waals surface area contributed by atoms with Crippen LogP contribution in [0.15, 0.2) is 21.7 Å². The zero-order valence-corrected chi connectivity index (χ0v) is 8.24. The van der Waals surface area contributed by atoms with Gasteiger partial charge in [0.1, 0.15) is 5.76 Å². The monoisotopic (exact) mass is 181 g/mol. The van der Waals surface area contributed by atoms with Crippen LogP contribution >= 0.6 is 0 Å². The second kappa shape index (κ2) is 3.98. The average Bonchev–Trinajstić information content (AvgIpc) is 2.50. The van der Waals surface area contributed by atoms with Crippen molar-refractivity contribution in [1.82, 2.24) is 4.90 Å².